The first-order chi connectivity index (χ1) is 14.1. The predicted molar refractivity (Wildman–Crippen MR) is 115 cm³/mol. The SMILES string of the molecule is CCc1nn2cc3c(nc2c1-c1ccccc1)CC(c1cccc(Cl)c1)CC3=O. The van der Waals surface area contributed by atoms with Crippen molar-refractivity contribution in [3.8, 4) is 11.1 Å². The highest BCUT2D eigenvalue weighted by Crippen LogP contribution is 2.35. The molecule has 0 saturated heterocycles. The fraction of sp³-hybridized carbons (Fsp3) is 0.208. The van der Waals surface area contributed by atoms with Gasteiger partial charge in [0.2, 0.25) is 0 Å². The van der Waals surface area contributed by atoms with E-state index in [0.717, 1.165) is 46.6 Å². The first kappa shape index (κ1) is 18.1. The molecule has 5 heteroatoms. The highest BCUT2D eigenvalue weighted by Gasteiger charge is 2.29. The van der Waals surface area contributed by atoms with Crippen LogP contribution >= 0.6 is 11.6 Å². The smallest absolute Gasteiger partial charge is 0.166 e. The van der Waals surface area contributed by atoms with E-state index in [-0.39, 0.29) is 11.7 Å². The van der Waals surface area contributed by atoms with Crippen molar-refractivity contribution in [1.29, 1.82) is 0 Å². The van der Waals surface area contributed by atoms with E-state index in [1.54, 1.807) is 4.52 Å². The van der Waals surface area contributed by atoms with Gasteiger partial charge in [0.25, 0.3) is 0 Å². The lowest BCUT2D eigenvalue weighted by Crippen LogP contribution is -2.21. The largest absolute Gasteiger partial charge is 0.294 e. The summed E-state index contributed by atoms with van der Waals surface area (Å²) in [6.45, 7) is 2.09. The molecule has 0 radical (unpaired) electrons. The summed E-state index contributed by atoms with van der Waals surface area (Å²) in [5.74, 6) is 0.206. The minimum absolute atomic E-state index is 0.0948. The maximum absolute atomic E-state index is 12.9. The van der Waals surface area contributed by atoms with Crippen molar-refractivity contribution in [3.63, 3.8) is 0 Å². The third-order valence-corrected chi connectivity index (χ3v) is 5.89. The van der Waals surface area contributed by atoms with Gasteiger partial charge in [-0.2, -0.15) is 5.10 Å². The zero-order valence-corrected chi connectivity index (χ0v) is 16.9. The highest BCUT2D eigenvalue weighted by atomic mass is 35.5. The van der Waals surface area contributed by atoms with Gasteiger partial charge in [-0.25, -0.2) is 9.50 Å². The van der Waals surface area contributed by atoms with Crippen molar-refractivity contribution in [1.82, 2.24) is 14.6 Å². The molecule has 1 aliphatic rings. The molecule has 0 saturated carbocycles. The van der Waals surface area contributed by atoms with Crippen LogP contribution in [-0.2, 0) is 12.8 Å². The van der Waals surface area contributed by atoms with Crippen LogP contribution in [0.1, 0.15) is 46.6 Å². The van der Waals surface area contributed by atoms with E-state index in [9.17, 15) is 4.79 Å². The second-order valence-electron chi connectivity index (χ2n) is 7.49. The summed E-state index contributed by atoms with van der Waals surface area (Å²) in [5, 5.41) is 5.42. The van der Waals surface area contributed by atoms with Gasteiger partial charge in [0, 0.05) is 23.2 Å². The monoisotopic (exact) mass is 401 g/mol. The Balaban J connectivity index is 1.65. The summed E-state index contributed by atoms with van der Waals surface area (Å²) in [6, 6.07) is 18.0. The van der Waals surface area contributed by atoms with E-state index < -0.39 is 0 Å². The molecule has 2 aromatic heterocycles. The summed E-state index contributed by atoms with van der Waals surface area (Å²) in [6.07, 6.45) is 3.85. The van der Waals surface area contributed by atoms with E-state index in [1.165, 1.54) is 0 Å². The Hall–Kier alpha value is -2.98. The number of hydrogen-bond acceptors (Lipinski definition) is 3. The molecule has 1 atom stereocenters. The second-order valence-corrected chi connectivity index (χ2v) is 7.93. The minimum Gasteiger partial charge on any atom is -0.294 e. The van der Waals surface area contributed by atoms with Crippen LogP contribution in [0.25, 0.3) is 16.8 Å². The van der Waals surface area contributed by atoms with Gasteiger partial charge >= 0.3 is 0 Å². The molecule has 2 heterocycles. The van der Waals surface area contributed by atoms with Crippen molar-refractivity contribution >= 4 is 23.0 Å². The van der Waals surface area contributed by atoms with Gasteiger partial charge in [-0.1, -0.05) is 61.0 Å². The first-order valence-corrected chi connectivity index (χ1v) is 10.3. The number of carbonyl (C=O) groups is 1. The van der Waals surface area contributed by atoms with Crippen LogP contribution in [0.2, 0.25) is 5.02 Å². The highest BCUT2D eigenvalue weighted by molar-refractivity contribution is 6.30. The lowest BCUT2D eigenvalue weighted by molar-refractivity contribution is 0.0962. The molecular weight excluding hydrogens is 382 g/mol. The van der Waals surface area contributed by atoms with Crippen molar-refractivity contribution in [3.05, 3.63) is 88.3 Å². The van der Waals surface area contributed by atoms with Gasteiger partial charge in [0.15, 0.2) is 11.4 Å². The lowest BCUT2D eigenvalue weighted by Gasteiger charge is -2.23. The van der Waals surface area contributed by atoms with Crippen molar-refractivity contribution in [2.45, 2.75) is 32.1 Å². The Morgan fingerprint density at radius 1 is 1.10 bits per heavy atom. The van der Waals surface area contributed by atoms with E-state index in [1.807, 2.05) is 48.7 Å². The van der Waals surface area contributed by atoms with Gasteiger partial charge in [-0.3, -0.25) is 4.79 Å². The Kier molecular flexibility index (Phi) is 4.44. The molecule has 0 fully saturated rings. The Morgan fingerprint density at radius 2 is 1.93 bits per heavy atom. The Bertz CT molecular complexity index is 1230. The number of nitrogens with zero attached hydrogens (tertiary/aromatic N) is 3. The van der Waals surface area contributed by atoms with E-state index in [4.69, 9.17) is 21.7 Å². The van der Waals surface area contributed by atoms with Crippen molar-refractivity contribution in [2.24, 2.45) is 0 Å². The van der Waals surface area contributed by atoms with Crippen LogP contribution in [0.3, 0.4) is 0 Å². The summed E-state index contributed by atoms with van der Waals surface area (Å²) in [4.78, 5) is 17.9. The average molecular weight is 402 g/mol. The number of halogens is 1. The van der Waals surface area contributed by atoms with Gasteiger partial charge in [-0.15, -0.1) is 0 Å². The number of aromatic nitrogens is 3. The Morgan fingerprint density at radius 3 is 2.69 bits per heavy atom. The topological polar surface area (TPSA) is 47.3 Å². The van der Waals surface area contributed by atoms with Crippen LogP contribution < -0.4 is 0 Å². The summed E-state index contributed by atoms with van der Waals surface area (Å²) < 4.78 is 1.78. The molecule has 1 aliphatic carbocycles. The maximum Gasteiger partial charge on any atom is 0.166 e. The normalized spacial score (nSPS) is 16.2. The number of aryl methyl sites for hydroxylation is 1. The molecule has 29 heavy (non-hydrogen) atoms. The van der Waals surface area contributed by atoms with Crippen LogP contribution in [-0.4, -0.2) is 20.4 Å². The number of ketones is 1. The Labute approximate surface area is 174 Å². The number of benzene rings is 2. The van der Waals surface area contributed by atoms with Crippen LogP contribution in [0, 0.1) is 0 Å². The third-order valence-electron chi connectivity index (χ3n) is 5.65. The second kappa shape index (κ2) is 7.12. The molecule has 4 nitrogen and oxygen atoms in total. The van der Waals surface area contributed by atoms with Crippen molar-refractivity contribution < 1.29 is 4.79 Å². The lowest BCUT2D eigenvalue weighted by atomic mass is 9.82. The number of fused-ring (bicyclic) bond motifs is 2. The van der Waals surface area contributed by atoms with Gasteiger partial charge in [-0.05, 0) is 42.0 Å². The molecule has 0 N–H and O–H groups in total. The zero-order valence-electron chi connectivity index (χ0n) is 16.1. The van der Waals surface area contributed by atoms with Crippen LogP contribution in [0.15, 0.2) is 60.8 Å². The molecule has 0 bridgehead atoms. The first-order valence-electron chi connectivity index (χ1n) is 9.89. The fourth-order valence-electron chi connectivity index (χ4n) is 4.23. The number of hydrogen-bond donors (Lipinski definition) is 0. The molecule has 0 aliphatic heterocycles. The maximum atomic E-state index is 12.9. The average Bonchev–Trinajstić information content (AvgIpc) is 3.10. The van der Waals surface area contributed by atoms with Gasteiger partial charge < -0.3 is 0 Å². The van der Waals surface area contributed by atoms with Crippen molar-refractivity contribution in [2.75, 3.05) is 0 Å². The molecule has 2 aromatic carbocycles. The predicted octanol–water partition coefficient (Wildman–Crippen LogP) is 5.52. The molecule has 4 aromatic rings. The number of carbonyl (C=O) groups excluding carboxylic acids is 1. The summed E-state index contributed by atoms with van der Waals surface area (Å²) in [7, 11) is 0. The van der Waals surface area contributed by atoms with Crippen LogP contribution in [0.4, 0.5) is 0 Å². The summed E-state index contributed by atoms with van der Waals surface area (Å²) >= 11 is 6.17. The zero-order chi connectivity index (χ0) is 20.0. The van der Waals surface area contributed by atoms with E-state index >= 15 is 0 Å². The van der Waals surface area contributed by atoms with Crippen LogP contribution in [0.5, 0.6) is 0 Å². The van der Waals surface area contributed by atoms with E-state index in [0.29, 0.717) is 17.0 Å². The molecular formula is C24H20ClN3O. The molecule has 5 rings (SSSR count). The minimum atomic E-state index is 0.0948. The fourth-order valence-corrected chi connectivity index (χ4v) is 4.42. The summed E-state index contributed by atoms with van der Waals surface area (Å²) in [5.41, 5.74) is 6.56. The van der Waals surface area contributed by atoms with E-state index in [2.05, 4.69) is 19.1 Å². The standard InChI is InChI=1S/C24H20ClN3O/c1-2-20-23(15-7-4-3-5-8-15)24-26-21-12-17(16-9-6-10-18(25)11-16)13-22(29)19(21)14-28(24)27-20/h3-11,14,17H,2,12-13H2,1H3. The molecule has 1 unspecified atom stereocenters. The third kappa shape index (κ3) is 3.14. The van der Waals surface area contributed by atoms with Gasteiger partial charge in [0.1, 0.15) is 0 Å². The number of Topliss-reactive ketones (excluding diaryl/α,β-unsaturated/α-hetero) is 1. The van der Waals surface area contributed by atoms with Gasteiger partial charge in [0.05, 0.1) is 17.0 Å². The molecule has 0 spiro atoms. The molecule has 0 amide bonds. The molecule has 144 valence electrons. The number of rotatable bonds is 3. The quantitative estimate of drug-likeness (QED) is 0.453.